The Bertz CT molecular complexity index is 390. The van der Waals surface area contributed by atoms with Crippen molar-refractivity contribution in [2.24, 2.45) is 0 Å². The topological polar surface area (TPSA) is 38.7 Å². The molecule has 0 heterocycles. The summed E-state index contributed by atoms with van der Waals surface area (Å²) in [4.78, 5) is 0. The maximum Gasteiger partial charge on any atom is 0.124 e. The molecule has 3 nitrogen and oxygen atoms in total. The maximum atomic E-state index is 13.2. The van der Waals surface area contributed by atoms with Crippen molar-refractivity contribution in [3.63, 3.8) is 0 Å². The Morgan fingerprint density at radius 3 is 2.76 bits per heavy atom. The Morgan fingerprint density at radius 1 is 1.53 bits per heavy atom. The van der Waals surface area contributed by atoms with E-state index in [-0.39, 0.29) is 6.61 Å². The van der Waals surface area contributed by atoms with Gasteiger partial charge in [-0.3, -0.25) is 0 Å². The molecule has 0 aliphatic carbocycles. The molecule has 0 fully saturated rings. The third kappa shape index (κ3) is 3.84. The lowest BCUT2D eigenvalue weighted by Gasteiger charge is -2.18. The third-order valence-electron chi connectivity index (χ3n) is 2.24. The van der Waals surface area contributed by atoms with E-state index in [1.165, 1.54) is 25.3 Å². The lowest BCUT2D eigenvalue weighted by Crippen LogP contribution is -2.12. The van der Waals surface area contributed by atoms with Gasteiger partial charge in [0.25, 0.3) is 0 Å². The first-order valence-corrected chi connectivity index (χ1v) is 5.28. The van der Waals surface area contributed by atoms with Crippen molar-refractivity contribution >= 4 is 0 Å². The highest BCUT2D eigenvalue weighted by Gasteiger charge is 2.16. The number of aliphatic hydroxyl groups is 1. The summed E-state index contributed by atoms with van der Waals surface area (Å²) in [6, 6.07) is 4.12. The van der Waals surface area contributed by atoms with E-state index >= 15 is 0 Å². The monoisotopic (exact) mass is 240 g/mol. The molecule has 1 aromatic carbocycles. The highest BCUT2D eigenvalue weighted by molar-refractivity contribution is 5.36. The van der Waals surface area contributed by atoms with Crippen LogP contribution in [0.5, 0.6) is 5.75 Å². The van der Waals surface area contributed by atoms with E-state index in [1.54, 1.807) is 0 Å². The fourth-order valence-corrected chi connectivity index (χ4v) is 1.44. The molecule has 17 heavy (non-hydrogen) atoms. The maximum absolute atomic E-state index is 13.2. The number of halogens is 1. The molecule has 0 bridgehead atoms. The molecule has 94 valence electrons. The molecular weight excluding hydrogens is 223 g/mol. The van der Waals surface area contributed by atoms with E-state index in [1.807, 2.05) is 6.92 Å². The summed E-state index contributed by atoms with van der Waals surface area (Å²) >= 11 is 0. The van der Waals surface area contributed by atoms with Gasteiger partial charge in [-0.05, 0) is 25.1 Å². The normalized spacial score (nSPS) is 12.2. The van der Waals surface area contributed by atoms with E-state index in [0.717, 1.165) is 5.57 Å². The molecule has 1 atom stereocenters. The lowest BCUT2D eigenvalue weighted by molar-refractivity contribution is 0.0226. The Hall–Kier alpha value is -1.39. The zero-order valence-electron chi connectivity index (χ0n) is 10.1. The number of hydrogen-bond acceptors (Lipinski definition) is 3. The molecule has 1 rings (SSSR count). The second-order valence-electron chi connectivity index (χ2n) is 3.83. The second kappa shape index (κ2) is 6.37. The van der Waals surface area contributed by atoms with Crippen LogP contribution in [0.2, 0.25) is 0 Å². The largest absolute Gasteiger partial charge is 0.496 e. The zero-order chi connectivity index (χ0) is 12.8. The van der Waals surface area contributed by atoms with Gasteiger partial charge in [0.05, 0.1) is 20.3 Å². The number of methoxy groups -OCH3 is 1. The molecule has 1 N–H and O–H groups in total. The van der Waals surface area contributed by atoms with Crippen molar-refractivity contribution in [3.8, 4) is 5.75 Å². The first-order chi connectivity index (χ1) is 8.08. The number of rotatable bonds is 6. The van der Waals surface area contributed by atoms with Crippen molar-refractivity contribution < 1.29 is 19.0 Å². The highest BCUT2D eigenvalue weighted by Crippen LogP contribution is 2.28. The van der Waals surface area contributed by atoms with Crippen molar-refractivity contribution in [1.82, 2.24) is 0 Å². The predicted octanol–water partition coefficient (Wildman–Crippen LogP) is 2.46. The standard InChI is InChI=1S/C13H17FO3/c1-9(2)8-17-13(7-15)11-6-10(14)4-5-12(11)16-3/h4-6,13,15H,1,7-8H2,2-3H3. The summed E-state index contributed by atoms with van der Waals surface area (Å²) < 4.78 is 23.7. The van der Waals surface area contributed by atoms with Crippen LogP contribution in [0.25, 0.3) is 0 Å². The Kier molecular flexibility index (Phi) is 5.12. The summed E-state index contributed by atoms with van der Waals surface area (Å²) in [5.41, 5.74) is 1.33. The number of aliphatic hydroxyl groups excluding tert-OH is 1. The van der Waals surface area contributed by atoms with Crippen LogP contribution in [0.3, 0.4) is 0 Å². The van der Waals surface area contributed by atoms with Gasteiger partial charge in [0.1, 0.15) is 17.7 Å². The molecule has 0 amide bonds. The molecule has 0 aliphatic rings. The van der Waals surface area contributed by atoms with Crippen LogP contribution in [0.1, 0.15) is 18.6 Å². The summed E-state index contributed by atoms with van der Waals surface area (Å²) in [6.07, 6.45) is -0.614. The summed E-state index contributed by atoms with van der Waals surface area (Å²) in [6.45, 7) is 5.59. The average molecular weight is 240 g/mol. The minimum absolute atomic E-state index is 0.243. The quantitative estimate of drug-likeness (QED) is 0.776. The van der Waals surface area contributed by atoms with Gasteiger partial charge in [0.2, 0.25) is 0 Å². The minimum Gasteiger partial charge on any atom is -0.496 e. The summed E-state index contributed by atoms with van der Waals surface area (Å²) in [5.74, 6) is 0.102. The van der Waals surface area contributed by atoms with Crippen LogP contribution in [0, 0.1) is 5.82 Å². The predicted molar refractivity (Wildman–Crippen MR) is 63.5 cm³/mol. The van der Waals surface area contributed by atoms with Crippen LogP contribution in [-0.4, -0.2) is 25.4 Å². The van der Waals surface area contributed by atoms with Gasteiger partial charge < -0.3 is 14.6 Å². The molecule has 0 saturated carbocycles. The Balaban J connectivity index is 2.93. The van der Waals surface area contributed by atoms with E-state index in [4.69, 9.17) is 9.47 Å². The molecule has 4 heteroatoms. The van der Waals surface area contributed by atoms with Crippen LogP contribution >= 0.6 is 0 Å². The van der Waals surface area contributed by atoms with E-state index < -0.39 is 11.9 Å². The Morgan fingerprint density at radius 2 is 2.24 bits per heavy atom. The summed E-state index contributed by atoms with van der Waals surface area (Å²) in [5, 5.41) is 9.27. The number of hydrogen-bond donors (Lipinski definition) is 1. The molecule has 0 aromatic heterocycles. The van der Waals surface area contributed by atoms with Crippen molar-refractivity contribution in [1.29, 1.82) is 0 Å². The van der Waals surface area contributed by atoms with Gasteiger partial charge in [-0.1, -0.05) is 12.2 Å². The van der Waals surface area contributed by atoms with Crippen LogP contribution in [-0.2, 0) is 4.74 Å². The van der Waals surface area contributed by atoms with Crippen molar-refractivity contribution in [2.75, 3.05) is 20.3 Å². The molecule has 1 aromatic rings. The van der Waals surface area contributed by atoms with Crippen LogP contribution in [0.4, 0.5) is 4.39 Å². The smallest absolute Gasteiger partial charge is 0.124 e. The first-order valence-electron chi connectivity index (χ1n) is 5.28. The summed E-state index contributed by atoms with van der Waals surface area (Å²) in [7, 11) is 1.49. The SMILES string of the molecule is C=C(C)COC(CO)c1cc(F)ccc1OC. The van der Waals surface area contributed by atoms with Crippen molar-refractivity contribution in [3.05, 3.63) is 41.7 Å². The van der Waals surface area contributed by atoms with E-state index in [0.29, 0.717) is 17.9 Å². The van der Waals surface area contributed by atoms with E-state index in [9.17, 15) is 9.50 Å². The van der Waals surface area contributed by atoms with Gasteiger partial charge in [-0.2, -0.15) is 0 Å². The molecular formula is C13H17FO3. The van der Waals surface area contributed by atoms with Gasteiger partial charge in [-0.25, -0.2) is 4.39 Å². The van der Waals surface area contributed by atoms with Crippen LogP contribution < -0.4 is 4.74 Å². The van der Waals surface area contributed by atoms with E-state index in [2.05, 4.69) is 6.58 Å². The zero-order valence-corrected chi connectivity index (χ0v) is 10.1. The molecule has 0 saturated heterocycles. The van der Waals surface area contributed by atoms with Gasteiger partial charge in [0.15, 0.2) is 0 Å². The highest BCUT2D eigenvalue weighted by atomic mass is 19.1. The average Bonchev–Trinajstić information content (AvgIpc) is 2.30. The first kappa shape index (κ1) is 13.7. The molecule has 0 spiro atoms. The van der Waals surface area contributed by atoms with Gasteiger partial charge in [0, 0.05) is 5.56 Å². The van der Waals surface area contributed by atoms with Crippen LogP contribution in [0.15, 0.2) is 30.4 Å². The lowest BCUT2D eigenvalue weighted by atomic mass is 10.1. The number of benzene rings is 1. The fraction of sp³-hybridized carbons (Fsp3) is 0.385. The molecule has 0 aliphatic heterocycles. The Labute approximate surface area is 100 Å². The van der Waals surface area contributed by atoms with Gasteiger partial charge >= 0.3 is 0 Å². The minimum atomic E-state index is -0.614. The molecule has 1 unspecified atom stereocenters. The number of ether oxygens (including phenoxy) is 2. The van der Waals surface area contributed by atoms with Gasteiger partial charge in [-0.15, -0.1) is 0 Å². The third-order valence-corrected chi connectivity index (χ3v) is 2.24. The second-order valence-corrected chi connectivity index (χ2v) is 3.83. The fourth-order valence-electron chi connectivity index (χ4n) is 1.44. The molecule has 0 radical (unpaired) electrons. The van der Waals surface area contributed by atoms with Crippen molar-refractivity contribution in [2.45, 2.75) is 13.0 Å².